The zero-order chi connectivity index (χ0) is 22.2. The predicted molar refractivity (Wildman–Crippen MR) is 120 cm³/mol. The molecule has 0 aliphatic rings. The maximum absolute atomic E-state index is 12.3. The van der Waals surface area contributed by atoms with Crippen molar-refractivity contribution in [1.29, 1.82) is 0 Å². The highest BCUT2D eigenvalue weighted by Gasteiger charge is 2.09. The first-order valence-electron chi connectivity index (χ1n) is 9.22. The van der Waals surface area contributed by atoms with Crippen molar-refractivity contribution < 1.29 is 19.1 Å². The van der Waals surface area contributed by atoms with Crippen molar-refractivity contribution in [2.75, 3.05) is 19.5 Å². The smallest absolute Gasteiger partial charge is 0.271 e. The lowest BCUT2D eigenvalue weighted by Gasteiger charge is -2.07. The average molecular weight is 438 g/mol. The van der Waals surface area contributed by atoms with Gasteiger partial charge in [-0.1, -0.05) is 17.7 Å². The molecule has 0 aliphatic heterocycles. The molecule has 0 spiro atoms. The number of carbonyl (C=O) groups excluding carboxylic acids is 2. The molecule has 3 aromatic carbocycles. The van der Waals surface area contributed by atoms with Crippen LogP contribution in [0.4, 0.5) is 5.69 Å². The summed E-state index contributed by atoms with van der Waals surface area (Å²) in [4.78, 5) is 24.6. The first kappa shape index (κ1) is 21.9. The SMILES string of the molecule is COc1ccc(/C=N/NC(=O)c2ccc(NC(=O)c3cccc(Cl)c3)cc2)c(OC)c1. The Hall–Kier alpha value is -3.84. The average Bonchev–Trinajstić information content (AvgIpc) is 2.79. The Morgan fingerprint density at radius 3 is 2.35 bits per heavy atom. The molecule has 0 heterocycles. The van der Waals surface area contributed by atoms with Gasteiger partial charge < -0.3 is 14.8 Å². The summed E-state index contributed by atoms with van der Waals surface area (Å²) in [6, 6.07) is 18.3. The zero-order valence-corrected chi connectivity index (χ0v) is 17.6. The van der Waals surface area contributed by atoms with Crippen molar-refractivity contribution in [2.24, 2.45) is 5.10 Å². The van der Waals surface area contributed by atoms with E-state index in [1.165, 1.54) is 13.3 Å². The Bertz CT molecular complexity index is 1110. The van der Waals surface area contributed by atoms with E-state index in [1.54, 1.807) is 73.8 Å². The number of nitrogens with one attached hydrogen (secondary N) is 2. The fourth-order valence-electron chi connectivity index (χ4n) is 2.69. The summed E-state index contributed by atoms with van der Waals surface area (Å²) in [6.07, 6.45) is 1.48. The van der Waals surface area contributed by atoms with E-state index in [0.29, 0.717) is 38.9 Å². The van der Waals surface area contributed by atoms with Gasteiger partial charge in [0, 0.05) is 33.5 Å². The predicted octanol–water partition coefficient (Wildman–Crippen LogP) is 4.37. The third-order valence-corrected chi connectivity index (χ3v) is 4.54. The van der Waals surface area contributed by atoms with E-state index in [9.17, 15) is 9.59 Å². The summed E-state index contributed by atoms with van der Waals surface area (Å²) in [6.45, 7) is 0. The zero-order valence-electron chi connectivity index (χ0n) is 16.9. The molecular weight excluding hydrogens is 418 g/mol. The van der Waals surface area contributed by atoms with Gasteiger partial charge in [-0.25, -0.2) is 5.43 Å². The lowest BCUT2D eigenvalue weighted by molar-refractivity contribution is 0.0954. The molecule has 0 unspecified atom stereocenters. The number of halogens is 1. The second-order valence-electron chi connectivity index (χ2n) is 6.35. The Balaban J connectivity index is 1.60. The van der Waals surface area contributed by atoms with Gasteiger partial charge >= 0.3 is 0 Å². The van der Waals surface area contributed by atoms with Gasteiger partial charge in [0.2, 0.25) is 0 Å². The van der Waals surface area contributed by atoms with Gasteiger partial charge in [-0.2, -0.15) is 5.10 Å². The van der Waals surface area contributed by atoms with Crippen molar-refractivity contribution in [2.45, 2.75) is 0 Å². The van der Waals surface area contributed by atoms with Crippen molar-refractivity contribution in [3.63, 3.8) is 0 Å². The first-order chi connectivity index (χ1) is 15.0. The second kappa shape index (κ2) is 10.3. The molecule has 8 heteroatoms. The molecule has 3 aromatic rings. The lowest BCUT2D eigenvalue weighted by atomic mass is 10.1. The highest BCUT2D eigenvalue weighted by molar-refractivity contribution is 6.31. The largest absolute Gasteiger partial charge is 0.497 e. The summed E-state index contributed by atoms with van der Waals surface area (Å²) < 4.78 is 10.4. The van der Waals surface area contributed by atoms with Crippen LogP contribution in [0.3, 0.4) is 0 Å². The highest BCUT2D eigenvalue weighted by Crippen LogP contribution is 2.23. The van der Waals surface area contributed by atoms with Crippen LogP contribution in [-0.4, -0.2) is 32.2 Å². The summed E-state index contributed by atoms with van der Waals surface area (Å²) in [5, 5.41) is 7.21. The molecule has 0 fully saturated rings. The Labute approximate surface area is 184 Å². The second-order valence-corrected chi connectivity index (χ2v) is 6.79. The Kier molecular flexibility index (Phi) is 7.24. The fourth-order valence-corrected chi connectivity index (χ4v) is 2.88. The number of methoxy groups -OCH3 is 2. The van der Waals surface area contributed by atoms with E-state index in [-0.39, 0.29) is 5.91 Å². The molecule has 0 saturated carbocycles. The van der Waals surface area contributed by atoms with Crippen molar-refractivity contribution in [1.82, 2.24) is 5.43 Å². The van der Waals surface area contributed by atoms with E-state index >= 15 is 0 Å². The van der Waals surface area contributed by atoms with Crippen molar-refractivity contribution in [3.8, 4) is 11.5 Å². The number of hydrogen-bond acceptors (Lipinski definition) is 5. The van der Waals surface area contributed by atoms with Gasteiger partial charge in [-0.15, -0.1) is 0 Å². The molecule has 0 radical (unpaired) electrons. The van der Waals surface area contributed by atoms with Crippen molar-refractivity contribution in [3.05, 3.63) is 88.4 Å². The molecule has 31 heavy (non-hydrogen) atoms. The molecule has 158 valence electrons. The third kappa shape index (κ3) is 5.83. The monoisotopic (exact) mass is 437 g/mol. The highest BCUT2D eigenvalue weighted by atomic mass is 35.5. The number of ether oxygens (including phenoxy) is 2. The van der Waals surface area contributed by atoms with Crippen LogP contribution in [0.15, 0.2) is 71.8 Å². The molecule has 7 nitrogen and oxygen atoms in total. The minimum Gasteiger partial charge on any atom is -0.497 e. The van der Waals surface area contributed by atoms with Crippen LogP contribution < -0.4 is 20.2 Å². The first-order valence-corrected chi connectivity index (χ1v) is 9.60. The van der Waals surface area contributed by atoms with Crippen LogP contribution >= 0.6 is 11.6 Å². The standard InChI is InChI=1S/C23H20ClN3O4/c1-30-20-11-8-17(21(13-20)31-2)14-25-27-23(29)15-6-9-19(10-7-15)26-22(28)16-4-3-5-18(24)12-16/h3-14H,1-2H3,(H,26,28)(H,27,29)/b25-14+. The molecule has 2 amide bonds. The minimum atomic E-state index is -0.392. The van der Waals surface area contributed by atoms with Crippen LogP contribution in [0.5, 0.6) is 11.5 Å². The summed E-state index contributed by atoms with van der Waals surface area (Å²) >= 11 is 5.91. The molecule has 2 N–H and O–H groups in total. The van der Waals surface area contributed by atoms with Gasteiger partial charge in [0.25, 0.3) is 11.8 Å². The molecule has 0 aliphatic carbocycles. The number of hydrazone groups is 1. The number of hydrogen-bond donors (Lipinski definition) is 2. The van der Waals surface area contributed by atoms with E-state index < -0.39 is 5.91 Å². The van der Waals surface area contributed by atoms with Gasteiger partial charge in [0.15, 0.2) is 0 Å². The maximum atomic E-state index is 12.3. The maximum Gasteiger partial charge on any atom is 0.271 e. The Morgan fingerprint density at radius 1 is 0.903 bits per heavy atom. The van der Waals surface area contributed by atoms with Crippen LogP contribution in [-0.2, 0) is 0 Å². The third-order valence-electron chi connectivity index (χ3n) is 4.30. The normalized spacial score (nSPS) is 10.5. The summed E-state index contributed by atoms with van der Waals surface area (Å²) in [7, 11) is 3.11. The molecular formula is C23H20ClN3O4. The minimum absolute atomic E-state index is 0.294. The quantitative estimate of drug-likeness (QED) is 0.424. The number of nitrogens with zero attached hydrogens (tertiary/aromatic N) is 1. The molecule has 0 bridgehead atoms. The van der Waals surface area contributed by atoms with Crippen LogP contribution in [0.1, 0.15) is 26.3 Å². The fraction of sp³-hybridized carbons (Fsp3) is 0.0870. The molecule has 3 rings (SSSR count). The Morgan fingerprint density at radius 2 is 1.68 bits per heavy atom. The lowest BCUT2D eigenvalue weighted by Crippen LogP contribution is -2.18. The van der Waals surface area contributed by atoms with Gasteiger partial charge in [0.1, 0.15) is 11.5 Å². The van der Waals surface area contributed by atoms with Gasteiger partial charge in [-0.3, -0.25) is 9.59 Å². The topological polar surface area (TPSA) is 89.0 Å². The van der Waals surface area contributed by atoms with Crippen LogP contribution in [0.25, 0.3) is 0 Å². The summed E-state index contributed by atoms with van der Waals surface area (Å²) in [5.41, 5.74) is 4.52. The van der Waals surface area contributed by atoms with E-state index in [1.807, 2.05) is 0 Å². The summed E-state index contributed by atoms with van der Waals surface area (Å²) in [5.74, 6) is 0.534. The molecule has 0 aromatic heterocycles. The van der Waals surface area contributed by atoms with Gasteiger partial charge in [-0.05, 0) is 54.6 Å². The van der Waals surface area contributed by atoms with Crippen molar-refractivity contribution >= 4 is 35.3 Å². The van der Waals surface area contributed by atoms with Crippen LogP contribution in [0, 0.1) is 0 Å². The van der Waals surface area contributed by atoms with E-state index in [4.69, 9.17) is 21.1 Å². The van der Waals surface area contributed by atoms with Crippen LogP contribution in [0.2, 0.25) is 5.02 Å². The number of amides is 2. The molecule has 0 saturated heterocycles. The van der Waals surface area contributed by atoms with Gasteiger partial charge in [0.05, 0.1) is 20.4 Å². The number of anilines is 1. The van der Waals surface area contributed by atoms with E-state index in [2.05, 4.69) is 15.8 Å². The molecule has 0 atom stereocenters. The van der Waals surface area contributed by atoms with E-state index in [0.717, 1.165) is 0 Å². The number of rotatable bonds is 7. The number of benzene rings is 3. The number of carbonyl (C=O) groups is 2.